The van der Waals surface area contributed by atoms with Crippen LogP contribution in [0.15, 0.2) is 0 Å². The molecule has 0 unspecified atom stereocenters. The fraction of sp³-hybridized carbons (Fsp3) is 0.833. The minimum atomic E-state index is -1.08. The van der Waals surface area contributed by atoms with E-state index in [1.54, 1.807) is 32.5 Å². The molecule has 7 heteroatoms. The van der Waals surface area contributed by atoms with Gasteiger partial charge in [0.05, 0.1) is 12.6 Å². The van der Waals surface area contributed by atoms with E-state index in [9.17, 15) is 9.59 Å². The molecule has 0 saturated heterocycles. The average molecular weight is 292 g/mol. The lowest BCUT2D eigenvalue weighted by Gasteiger charge is -2.24. The highest BCUT2D eigenvalue weighted by Gasteiger charge is 2.27. The van der Waals surface area contributed by atoms with Crippen molar-refractivity contribution in [2.45, 2.75) is 44.9 Å². The van der Waals surface area contributed by atoms with Crippen molar-refractivity contribution in [3.05, 3.63) is 0 Å². The Labute approximate surface area is 118 Å². The molecule has 0 fully saturated rings. The summed E-state index contributed by atoms with van der Waals surface area (Å²) in [5.41, 5.74) is 5.00. The zero-order valence-corrected chi connectivity index (χ0v) is 12.8. The Morgan fingerprint density at radius 1 is 1.42 bits per heavy atom. The number of aliphatic hydroxyl groups is 1. The molecule has 0 bridgehead atoms. The fourth-order valence-corrected chi connectivity index (χ4v) is 1.70. The minimum Gasteiger partial charge on any atom is -0.458 e. The van der Waals surface area contributed by atoms with Gasteiger partial charge in [0.15, 0.2) is 6.04 Å². The third-order valence-electron chi connectivity index (χ3n) is 2.16. The van der Waals surface area contributed by atoms with E-state index in [1.165, 1.54) is 0 Å². The van der Waals surface area contributed by atoms with E-state index in [1.807, 2.05) is 6.26 Å². The lowest BCUT2D eigenvalue weighted by molar-refractivity contribution is -0.159. The molecule has 0 aliphatic carbocycles. The highest BCUT2D eigenvalue weighted by atomic mass is 32.2. The van der Waals surface area contributed by atoms with Gasteiger partial charge < -0.3 is 20.9 Å². The summed E-state index contributed by atoms with van der Waals surface area (Å²) in [6, 6.07) is -1.77. The molecule has 4 N–H and O–H groups in total. The number of hydrogen-bond acceptors (Lipinski definition) is 6. The summed E-state index contributed by atoms with van der Waals surface area (Å²) in [6.45, 7) is 4.62. The van der Waals surface area contributed by atoms with Gasteiger partial charge in [0.25, 0.3) is 0 Å². The molecule has 0 aromatic heterocycles. The number of esters is 1. The first-order valence-electron chi connectivity index (χ1n) is 6.10. The molecule has 1 amide bonds. The van der Waals surface area contributed by atoms with E-state index >= 15 is 0 Å². The summed E-state index contributed by atoms with van der Waals surface area (Å²) < 4.78 is 5.09. The smallest absolute Gasteiger partial charge is 0.331 e. The second-order valence-corrected chi connectivity index (χ2v) is 6.15. The number of thioether (sulfide) groups is 1. The summed E-state index contributed by atoms with van der Waals surface area (Å²) in [5.74, 6) is -0.371. The molecule has 0 aliphatic rings. The molecule has 0 aromatic rings. The summed E-state index contributed by atoms with van der Waals surface area (Å²) >= 11 is 1.59. The Morgan fingerprint density at radius 2 is 2.00 bits per heavy atom. The van der Waals surface area contributed by atoms with Crippen LogP contribution in [0.2, 0.25) is 0 Å². The van der Waals surface area contributed by atoms with Gasteiger partial charge in [-0.25, -0.2) is 4.79 Å². The maximum absolute atomic E-state index is 11.7. The predicted octanol–water partition coefficient (Wildman–Crippen LogP) is -0.114. The van der Waals surface area contributed by atoms with Crippen LogP contribution in [0.5, 0.6) is 0 Å². The normalized spacial score (nSPS) is 14.6. The molecule has 6 nitrogen and oxygen atoms in total. The first kappa shape index (κ1) is 18.2. The summed E-state index contributed by atoms with van der Waals surface area (Å²) in [6.07, 6.45) is 2.43. The minimum absolute atomic E-state index is 0.459. The van der Waals surface area contributed by atoms with Crippen LogP contribution in [0.25, 0.3) is 0 Å². The molecule has 0 aromatic carbocycles. The van der Waals surface area contributed by atoms with Gasteiger partial charge in [-0.05, 0) is 39.2 Å². The number of carbonyl (C=O) groups excluding carboxylic acids is 2. The fourth-order valence-electron chi connectivity index (χ4n) is 1.21. The Kier molecular flexibility index (Phi) is 8.05. The number of nitrogens with one attached hydrogen (secondary N) is 1. The highest BCUT2D eigenvalue weighted by molar-refractivity contribution is 7.98. The number of ether oxygens (including phenoxy) is 1. The highest BCUT2D eigenvalue weighted by Crippen LogP contribution is 2.08. The maximum atomic E-state index is 11.7. The number of nitrogens with two attached hydrogens (primary N) is 1. The van der Waals surface area contributed by atoms with E-state index in [4.69, 9.17) is 15.6 Å². The maximum Gasteiger partial charge on any atom is 0.331 e. The molecule has 0 heterocycles. The SMILES string of the molecule is CSCC[C@H](N)C(=O)N[C@@H](CO)C(=O)OC(C)(C)C. The van der Waals surface area contributed by atoms with Crippen LogP contribution >= 0.6 is 11.8 Å². The second kappa shape index (κ2) is 8.39. The molecule has 0 saturated carbocycles. The van der Waals surface area contributed by atoms with Crippen LogP contribution in [0, 0.1) is 0 Å². The van der Waals surface area contributed by atoms with Crippen molar-refractivity contribution in [1.82, 2.24) is 5.32 Å². The van der Waals surface area contributed by atoms with Gasteiger partial charge in [-0.2, -0.15) is 11.8 Å². The number of rotatable bonds is 7. The van der Waals surface area contributed by atoms with Gasteiger partial charge in [-0.3, -0.25) is 4.79 Å². The number of hydrogen-bond donors (Lipinski definition) is 3. The van der Waals surface area contributed by atoms with Crippen molar-refractivity contribution in [3.63, 3.8) is 0 Å². The van der Waals surface area contributed by atoms with Crippen molar-refractivity contribution in [1.29, 1.82) is 0 Å². The molecule has 0 spiro atoms. The Morgan fingerprint density at radius 3 is 2.42 bits per heavy atom. The molecule has 0 rings (SSSR count). The van der Waals surface area contributed by atoms with Crippen molar-refractivity contribution in [2.24, 2.45) is 5.73 Å². The summed E-state index contributed by atoms with van der Waals surface area (Å²) in [5, 5.41) is 11.5. The predicted molar refractivity (Wildman–Crippen MR) is 75.8 cm³/mol. The van der Waals surface area contributed by atoms with E-state index in [-0.39, 0.29) is 0 Å². The lowest BCUT2D eigenvalue weighted by atomic mass is 10.2. The van der Waals surface area contributed by atoms with Gasteiger partial charge in [0, 0.05) is 0 Å². The van der Waals surface area contributed by atoms with Gasteiger partial charge in [0.2, 0.25) is 5.91 Å². The molecular weight excluding hydrogens is 268 g/mol. The van der Waals surface area contributed by atoms with E-state index in [0.29, 0.717) is 6.42 Å². The van der Waals surface area contributed by atoms with Gasteiger partial charge in [0.1, 0.15) is 5.60 Å². The third kappa shape index (κ3) is 8.07. The monoisotopic (exact) mass is 292 g/mol. The third-order valence-corrected chi connectivity index (χ3v) is 2.80. The van der Waals surface area contributed by atoms with Gasteiger partial charge in [-0.15, -0.1) is 0 Å². The second-order valence-electron chi connectivity index (χ2n) is 5.17. The summed E-state index contributed by atoms with van der Waals surface area (Å²) in [4.78, 5) is 23.4. The first-order chi connectivity index (χ1) is 8.71. The Bertz CT molecular complexity index is 305. The van der Waals surface area contributed by atoms with Crippen LogP contribution in [0.3, 0.4) is 0 Å². The standard InChI is InChI=1S/C12H24N2O4S/c1-12(2,3)18-11(17)9(7-15)14-10(16)8(13)5-6-19-4/h8-9,15H,5-7,13H2,1-4H3,(H,14,16)/t8-,9-/m0/s1. The quantitative estimate of drug-likeness (QED) is 0.566. The van der Waals surface area contributed by atoms with E-state index < -0.39 is 36.2 Å². The van der Waals surface area contributed by atoms with Crippen molar-refractivity contribution in [2.75, 3.05) is 18.6 Å². The van der Waals surface area contributed by atoms with Crippen LogP contribution < -0.4 is 11.1 Å². The van der Waals surface area contributed by atoms with Crippen LogP contribution in [0.1, 0.15) is 27.2 Å². The Hall–Kier alpha value is -0.790. The molecule has 112 valence electrons. The zero-order chi connectivity index (χ0) is 15.1. The molecule has 0 radical (unpaired) electrons. The number of aliphatic hydroxyl groups excluding tert-OH is 1. The topological polar surface area (TPSA) is 102 Å². The molecule has 19 heavy (non-hydrogen) atoms. The number of carbonyl (C=O) groups is 2. The largest absolute Gasteiger partial charge is 0.458 e. The first-order valence-corrected chi connectivity index (χ1v) is 7.49. The van der Waals surface area contributed by atoms with Crippen LogP contribution in [0.4, 0.5) is 0 Å². The zero-order valence-electron chi connectivity index (χ0n) is 11.9. The number of amides is 1. The van der Waals surface area contributed by atoms with Crippen LogP contribution in [-0.4, -0.2) is 53.3 Å². The van der Waals surface area contributed by atoms with Gasteiger partial charge in [-0.1, -0.05) is 0 Å². The summed E-state index contributed by atoms with van der Waals surface area (Å²) in [7, 11) is 0. The Balaban J connectivity index is 4.39. The molecule has 0 aliphatic heterocycles. The average Bonchev–Trinajstić information content (AvgIpc) is 2.30. The van der Waals surface area contributed by atoms with E-state index in [2.05, 4.69) is 5.32 Å². The lowest BCUT2D eigenvalue weighted by Crippen LogP contribution is -2.51. The van der Waals surface area contributed by atoms with Crippen molar-refractivity contribution < 1.29 is 19.4 Å². The van der Waals surface area contributed by atoms with Gasteiger partial charge >= 0.3 is 5.97 Å². The van der Waals surface area contributed by atoms with Crippen molar-refractivity contribution >= 4 is 23.6 Å². The molecule has 2 atom stereocenters. The van der Waals surface area contributed by atoms with E-state index in [0.717, 1.165) is 5.75 Å². The van der Waals surface area contributed by atoms with Crippen LogP contribution in [-0.2, 0) is 14.3 Å². The van der Waals surface area contributed by atoms with Crippen molar-refractivity contribution in [3.8, 4) is 0 Å². The molecular formula is C12H24N2O4S.